The summed E-state index contributed by atoms with van der Waals surface area (Å²) in [7, 11) is 3.81. The van der Waals surface area contributed by atoms with Gasteiger partial charge in [-0.05, 0) is 38.4 Å². The highest BCUT2D eigenvalue weighted by Gasteiger charge is 2.19. The fourth-order valence-corrected chi connectivity index (χ4v) is 2.38. The minimum atomic E-state index is 0.328. The van der Waals surface area contributed by atoms with Crippen molar-refractivity contribution in [2.75, 3.05) is 14.2 Å². The minimum absolute atomic E-state index is 0.328. The Kier molecular flexibility index (Phi) is 6.38. The van der Waals surface area contributed by atoms with Gasteiger partial charge in [0.1, 0.15) is 5.75 Å². The van der Waals surface area contributed by atoms with Crippen LogP contribution in [0.25, 0.3) is 0 Å². The number of methoxy groups -OCH3 is 1. The maximum absolute atomic E-state index is 8.87. The number of hydrogen-bond donors (Lipinski definition) is 0. The molecule has 0 aromatic heterocycles. The zero-order valence-electron chi connectivity index (χ0n) is 12.4. The van der Waals surface area contributed by atoms with Crippen LogP contribution < -0.4 is 4.74 Å². The summed E-state index contributed by atoms with van der Waals surface area (Å²) in [6, 6.07) is 11.1. The summed E-state index contributed by atoms with van der Waals surface area (Å²) in [6.45, 7) is 4.33. The number of nitrogens with zero attached hydrogens (tertiary/aromatic N) is 2. The molecule has 0 bridgehead atoms. The first kappa shape index (κ1) is 15.5. The number of likely N-dealkylation sites (N-methyl/N-ethyl adjacent to an activating group) is 1. The lowest BCUT2D eigenvalue weighted by Crippen LogP contribution is -2.39. The average Bonchev–Trinajstić information content (AvgIpc) is 2.44. The molecule has 0 saturated heterocycles. The van der Waals surface area contributed by atoms with Gasteiger partial charge in [0.25, 0.3) is 0 Å². The van der Waals surface area contributed by atoms with Crippen LogP contribution in [0.5, 0.6) is 5.75 Å². The van der Waals surface area contributed by atoms with Crippen LogP contribution in [0.4, 0.5) is 0 Å². The van der Waals surface area contributed by atoms with E-state index >= 15 is 0 Å². The Morgan fingerprint density at radius 2 is 2.05 bits per heavy atom. The third-order valence-corrected chi connectivity index (χ3v) is 3.78. The molecule has 0 aliphatic carbocycles. The lowest BCUT2D eigenvalue weighted by atomic mass is 10.0. The van der Waals surface area contributed by atoms with Crippen LogP contribution in [0.2, 0.25) is 0 Å². The van der Waals surface area contributed by atoms with Gasteiger partial charge in [-0.3, -0.25) is 4.90 Å². The second kappa shape index (κ2) is 7.81. The predicted molar refractivity (Wildman–Crippen MR) is 78.2 cm³/mol. The highest BCUT2D eigenvalue weighted by molar-refractivity contribution is 5.33. The molecular formula is C16H24N2O. The zero-order valence-corrected chi connectivity index (χ0v) is 12.4. The summed E-state index contributed by atoms with van der Waals surface area (Å²) in [6.07, 6.45) is 2.52. The van der Waals surface area contributed by atoms with Crippen molar-refractivity contribution >= 4 is 0 Å². The standard InChI is InChI=1S/C16H24N2O/c1-5-15(10-11-17)18(3)13(2)12-14-8-6-7-9-16(14)19-4/h6-9,13,15H,5,10,12H2,1-4H3. The minimum Gasteiger partial charge on any atom is -0.496 e. The van der Waals surface area contributed by atoms with Gasteiger partial charge in [-0.25, -0.2) is 0 Å². The summed E-state index contributed by atoms with van der Waals surface area (Å²) in [5, 5.41) is 8.87. The lowest BCUT2D eigenvalue weighted by molar-refractivity contribution is 0.179. The van der Waals surface area contributed by atoms with Gasteiger partial charge in [-0.2, -0.15) is 5.26 Å². The number of hydrogen-bond acceptors (Lipinski definition) is 3. The van der Waals surface area contributed by atoms with Crippen LogP contribution in [0.15, 0.2) is 24.3 Å². The lowest BCUT2D eigenvalue weighted by Gasteiger charge is -2.31. The van der Waals surface area contributed by atoms with Crippen molar-refractivity contribution < 1.29 is 4.74 Å². The molecule has 0 aliphatic heterocycles. The van der Waals surface area contributed by atoms with Crippen LogP contribution in [0.1, 0.15) is 32.3 Å². The second-order valence-corrected chi connectivity index (χ2v) is 4.95. The highest BCUT2D eigenvalue weighted by atomic mass is 16.5. The first-order valence-electron chi connectivity index (χ1n) is 6.84. The van der Waals surface area contributed by atoms with E-state index in [1.807, 2.05) is 18.2 Å². The van der Waals surface area contributed by atoms with Gasteiger partial charge >= 0.3 is 0 Å². The van der Waals surface area contributed by atoms with E-state index < -0.39 is 0 Å². The molecule has 2 atom stereocenters. The summed E-state index contributed by atoms with van der Waals surface area (Å²) >= 11 is 0. The quantitative estimate of drug-likeness (QED) is 0.755. The predicted octanol–water partition coefficient (Wildman–Crippen LogP) is 3.25. The van der Waals surface area contributed by atoms with E-state index in [2.05, 4.69) is 37.9 Å². The van der Waals surface area contributed by atoms with Crippen molar-refractivity contribution in [1.82, 2.24) is 4.90 Å². The van der Waals surface area contributed by atoms with Crippen LogP contribution in [-0.4, -0.2) is 31.1 Å². The molecule has 0 fully saturated rings. The van der Waals surface area contributed by atoms with Gasteiger partial charge in [-0.15, -0.1) is 0 Å². The largest absolute Gasteiger partial charge is 0.496 e. The molecule has 1 aromatic rings. The maximum atomic E-state index is 8.87. The van der Waals surface area contributed by atoms with Gasteiger partial charge in [0.2, 0.25) is 0 Å². The molecular weight excluding hydrogens is 236 g/mol. The molecule has 0 radical (unpaired) electrons. The van der Waals surface area contributed by atoms with Gasteiger partial charge in [0.05, 0.1) is 19.6 Å². The van der Waals surface area contributed by atoms with E-state index in [1.54, 1.807) is 7.11 Å². The van der Waals surface area contributed by atoms with Crippen molar-refractivity contribution in [3.8, 4) is 11.8 Å². The summed E-state index contributed by atoms with van der Waals surface area (Å²) in [5.41, 5.74) is 1.22. The first-order valence-corrected chi connectivity index (χ1v) is 6.84. The fourth-order valence-electron chi connectivity index (χ4n) is 2.38. The van der Waals surface area contributed by atoms with Crippen LogP contribution in [0.3, 0.4) is 0 Å². The summed E-state index contributed by atoms with van der Waals surface area (Å²) in [4.78, 5) is 2.30. The van der Waals surface area contributed by atoms with Crippen LogP contribution >= 0.6 is 0 Å². The van der Waals surface area contributed by atoms with Crippen LogP contribution in [0, 0.1) is 11.3 Å². The normalized spacial score (nSPS) is 13.9. The molecule has 0 aliphatic rings. The Labute approximate surface area is 116 Å². The smallest absolute Gasteiger partial charge is 0.122 e. The second-order valence-electron chi connectivity index (χ2n) is 4.95. The molecule has 3 heteroatoms. The Bertz CT molecular complexity index is 425. The van der Waals surface area contributed by atoms with Crippen molar-refractivity contribution in [2.24, 2.45) is 0 Å². The highest BCUT2D eigenvalue weighted by Crippen LogP contribution is 2.21. The Morgan fingerprint density at radius 3 is 2.63 bits per heavy atom. The number of benzene rings is 1. The Hall–Kier alpha value is -1.53. The van der Waals surface area contributed by atoms with E-state index in [0.717, 1.165) is 18.6 Å². The third kappa shape index (κ3) is 4.25. The molecule has 19 heavy (non-hydrogen) atoms. The van der Waals surface area contributed by atoms with Crippen molar-refractivity contribution in [2.45, 2.75) is 45.2 Å². The number of nitriles is 1. The molecule has 1 aromatic carbocycles. The fraction of sp³-hybridized carbons (Fsp3) is 0.562. The van der Waals surface area contributed by atoms with Crippen molar-refractivity contribution in [1.29, 1.82) is 5.26 Å². The third-order valence-electron chi connectivity index (χ3n) is 3.78. The Morgan fingerprint density at radius 1 is 1.37 bits per heavy atom. The monoisotopic (exact) mass is 260 g/mol. The van der Waals surface area contributed by atoms with E-state index in [0.29, 0.717) is 18.5 Å². The van der Waals surface area contributed by atoms with Crippen molar-refractivity contribution in [3.05, 3.63) is 29.8 Å². The van der Waals surface area contributed by atoms with E-state index in [4.69, 9.17) is 10.00 Å². The summed E-state index contributed by atoms with van der Waals surface area (Å²) in [5.74, 6) is 0.941. The molecule has 1 rings (SSSR count). The van der Waals surface area contributed by atoms with E-state index in [-0.39, 0.29) is 0 Å². The molecule has 104 valence electrons. The van der Waals surface area contributed by atoms with Crippen molar-refractivity contribution in [3.63, 3.8) is 0 Å². The van der Waals surface area contributed by atoms with Gasteiger partial charge < -0.3 is 4.74 Å². The molecule has 0 saturated carbocycles. The van der Waals surface area contributed by atoms with Gasteiger partial charge in [-0.1, -0.05) is 25.1 Å². The number of para-hydroxylation sites is 1. The molecule has 0 heterocycles. The number of ether oxygens (including phenoxy) is 1. The SMILES string of the molecule is CCC(CC#N)N(C)C(C)Cc1ccccc1OC. The van der Waals surface area contributed by atoms with Gasteiger partial charge in [0, 0.05) is 12.1 Å². The average molecular weight is 260 g/mol. The molecule has 0 N–H and O–H groups in total. The topological polar surface area (TPSA) is 36.3 Å². The Balaban J connectivity index is 2.73. The molecule has 2 unspecified atom stereocenters. The van der Waals surface area contributed by atoms with E-state index in [1.165, 1.54) is 5.56 Å². The molecule has 3 nitrogen and oxygen atoms in total. The molecule has 0 amide bonds. The zero-order chi connectivity index (χ0) is 14.3. The van der Waals surface area contributed by atoms with Gasteiger partial charge in [0.15, 0.2) is 0 Å². The molecule has 0 spiro atoms. The maximum Gasteiger partial charge on any atom is 0.122 e. The number of rotatable bonds is 7. The summed E-state index contributed by atoms with van der Waals surface area (Å²) < 4.78 is 5.39. The first-order chi connectivity index (χ1) is 9.13. The van der Waals surface area contributed by atoms with Crippen LogP contribution in [-0.2, 0) is 6.42 Å². The van der Waals surface area contributed by atoms with E-state index in [9.17, 15) is 0 Å².